The molecule has 1 aromatic heterocycles. The predicted molar refractivity (Wildman–Crippen MR) is 83.9 cm³/mol. The molecule has 5 heteroatoms. The van der Waals surface area contributed by atoms with Crippen LogP contribution in [0, 0.1) is 5.92 Å². The van der Waals surface area contributed by atoms with Crippen molar-refractivity contribution < 1.29 is 14.7 Å². The van der Waals surface area contributed by atoms with Crippen LogP contribution in [0.2, 0.25) is 0 Å². The average molecular weight is 309 g/mol. The molecule has 2 atom stereocenters. The fourth-order valence-electron chi connectivity index (χ4n) is 2.67. The predicted octanol–water partition coefficient (Wildman–Crippen LogP) is 3.25. The summed E-state index contributed by atoms with van der Waals surface area (Å²) in [6.07, 6.45) is 6.40. The molecule has 0 fully saturated rings. The highest BCUT2D eigenvalue weighted by atomic mass is 32.1. The maximum atomic E-state index is 12.3. The van der Waals surface area contributed by atoms with Crippen molar-refractivity contribution >= 4 is 23.2 Å². The van der Waals surface area contributed by atoms with Crippen molar-refractivity contribution in [2.24, 2.45) is 5.92 Å². The van der Waals surface area contributed by atoms with Crippen LogP contribution in [-0.2, 0) is 17.6 Å². The van der Waals surface area contributed by atoms with Crippen molar-refractivity contribution in [1.29, 1.82) is 0 Å². The van der Waals surface area contributed by atoms with Gasteiger partial charge in [-0.15, -0.1) is 11.3 Å². The second-order valence-corrected chi connectivity index (χ2v) is 6.93. The SMILES string of the molecule is CC[C@@H](C)[C@H](NC(=O)c1cc2c(s1)CCCCC2)C(=O)O. The molecule has 0 saturated carbocycles. The molecular formula is C16H23NO3S. The molecule has 0 bridgehead atoms. The minimum atomic E-state index is -0.962. The monoisotopic (exact) mass is 309 g/mol. The zero-order valence-electron chi connectivity index (χ0n) is 12.6. The quantitative estimate of drug-likeness (QED) is 0.821. The fourth-order valence-corrected chi connectivity index (χ4v) is 3.83. The van der Waals surface area contributed by atoms with Crippen LogP contribution in [0.15, 0.2) is 6.07 Å². The van der Waals surface area contributed by atoms with Gasteiger partial charge in [0.25, 0.3) is 5.91 Å². The average Bonchev–Trinajstić information content (AvgIpc) is 2.74. The molecule has 0 aromatic carbocycles. The summed E-state index contributed by atoms with van der Waals surface area (Å²) in [5, 5.41) is 11.9. The van der Waals surface area contributed by atoms with Crippen molar-refractivity contribution in [3.63, 3.8) is 0 Å². The van der Waals surface area contributed by atoms with Gasteiger partial charge in [0.15, 0.2) is 0 Å². The first-order chi connectivity index (χ1) is 10.0. The van der Waals surface area contributed by atoms with E-state index in [0.717, 1.165) is 19.3 Å². The highest BCUT2D eigenvalue weighted by Crippen LogP contribution is 2.29. The van der Waals surface area contributed by atoms with E-state index in [4.69, 9.17) is 0 Å². The standard InChI is InChI=1S/C16H23NO3S/c1-3-10(2)14(16(19)20)17-15(18)13-9-11-7-5-4-6-8-12(11)21-13/h9-10,14H,3-8H2,1-2H3,(H,17,18)(H,19,20)/t10-,14+/m1/s1. The van der Waals surface area contributed by atoms with Gasteiger partial charge < -0.3 is 10.4 Å². The van der Waals surface area contributed by atoms with Crippen LogP contribution in [0.4, 0.5) is 0 Å². The van der Waals surface area contributed by atoms with E-state index >= 15 is 0 Å². The number of fused-ring (bicyclic) bond motifs is 1. The molecule has 4 nitrogen and oxygen atoms in total. The lowest BCUT2D eigenvalue weighted by Crippen LogP contribution is -2.44. The largest absolute Gasteiger partial charge is 0.480 e. The van der Waals surface area contributed by atoms with Gasteiger partial charge in [0.1, 0.15) is 6.04 Å². The maximum absolute atomic E-state index is 12.3. The highest BCUT2D eigenvalue weighted by molar-refractivity contribution is 7.14. The Morgan fingerprint density at radius 1 is 1.33 bits per heavy atom. The van der Waals surface area contributed by atoms with Crippen LogP contribution in [0.25, 0.3) is 0 Å². The van der Waals surface area contributed by atoms with Crippen molar-refractivity contribution in [2.45, 2.75) is 58.4 Å². The topological polar surface area (TPSA) is 66.4 Å². The van der Waals surface area contributed by atoms with Crippen molar-refractivity contribution in [3.8, 4) is 0 Å². The maximum Gasteiger partial charge on any atom is 0.326 e. The van der Waals surface area contributed by atoms with Gasteiger partial charge >= 0.3 is 5.97 Å². The molecule has 0 unspecified atom stereocenters. The Morgan fingerprint density at radius 3 is 2.71 bits per heavy atom. The lowest BCUT2D eigenvalue weighted by molar-refractivity contribution is -0.140. The van der Waals surface area contributed by atoms with Gasteiger partial charge in [-0.05, 0) is 43.2 Å². The third-order valence-electron chi connectivity index (χ3n) is 4.24. The zero-order chi connectivity index (χ0) is 15.4. The third-order valence-corrected chi connectivity index (χ3v) is 5.47. The van der Waals surface area contributed by atoms with Crippen LogP contribution in [0.3, 0.4) is 0 Å². The first-order valence-corrected chi connectivity index (χ1v) is 8.49. The number of rotatable bonds is 5. The van der Waals surface area contributed by atoms with E-state index < -0.39 is 12.0 Å². The number of aliphatic carboxylic acids is 1. The van der Waals surface area contributed by atoms with Gasteiger partial charge in [-0.3, -0.25) is 4.79 Å². The van der Waals surface area contributed by atoms with Crippen LogP contribution < -0.4 is 5.32 Å². The molecule has 116 valence electrons. The summed E-state index contributed by atoms with van der Waals surface area (Å²) in [5.74, 6) is -1.29. The second kappa shape index (κ2) is 7.07. The summed E-state index contributed by atoms with van der Waals surface area (Å²) >= 11 is 1.52. The molecule has 0 aliphatic heterocycles. The number of carbonyl (C=O) groups excluding carboxylic acids is 1. The summed E-state index contributed by atoms with van der Waals surface area (Å²) in [5.41, 5.74) is 1.28. The molecule has 1 amide bonds. The van der Waals surface area contributed by atoms with Gasteiger partial charge in [-0.2, -0.15) is 0 Å². The van der Waals surface area contributed by atoms with Crippen LogP contribution in [0.1, 0.15) is 59.6 Å². The lowest BCUT2D eigenvalue weighted by atomic mass is 9.99. The van der Waals surface area contributed by atoms with Gasteiger partial charge in [-0.25, -0.2) is 4.79 Å². The van der Waals surface area contributed by atoms with E-state index in [-0.39, 0.29) is 11.8 Å². The van der Waals surface area contributed by atoms with Crippen LogP contribution in [0.5, 0.6) is 0 Å². The van der Waals surface area contributed by atoms with Crippen molar-refractivity contribution in [1.82, 2.24) is 5.32 Å². The Hall–Kier alpha value is -1.36. The van der Waals surface area contributed by atoms with Gasteiger partial charge in [0.05, 0.1) is 4.88 Å². The normalized spacial score (nSPS) is 17.4. The summed E-state index contributed by atoms with van der Waals surface area (Å²) in [6.45, 7) is 3.78. The molecule has 2 N–H and O–H groups in total. The van der Waals surface area contributed by atoms with Crippen LogP contribution in [-0.4, -0.2) is 23.0 Å². The summed E-state index contributed by atoms with van der Waals surface area (Å²) in [6, 6.07) is 1.14. The Bertz CT molecular complexity index is 500. The Kier molecular flexibility index (Phi) is 5.39. The molecule has 1 aliphatic rings. The molecule has 0 spiro atoms. The first kappa shape index (κ1) is 16.0. The molecular weight excluding hydrogens is 286 g/mol. The zero-order valence-corrected chi connectivity index (χ0v) is 13.5. The number of aryl methyl sites for hydroxylation is 2. The van der Waals surface area contributed by atoms with E-state index in [1.807, 2.05) is 19.9 Å². The number of nitrogens with one attached hydrogen (secondary N) is 1. The molecule has 2 rings (SSSR count). The summed E-state index contributed by atoms with van der Waals surface area (Å²) in [4.78, 5) is 25.6. The van der Waals surface area contributed by atoms with Gasteiger partial charge in [-0.1, -0.05) is 26.7 Å². The number of carbonyl (C=O) groups is 2. The Balaban J connectivity index is 2.11. The minimum absolute atomic E-state index is 0.0794. The number of amides is 1. The highest BCUT2D eigenvalue weighted by Gasteiger charge is 2.27. The Labute approximate surface area is 129 Å². The van der Waals surface area contributed by atoms with Crippen LogP contribution >= 0.6 is 11.3 Å². The number of hydrogen-bond donors (Lipinski definition) is 2. The molecule has 0 saturated heterocycles. The van der Waals surface area contributed by atoms with Crippen molar-refractivity contribution in [2.75, 3.05) is 0 Å². The number of hydrogen-bond acceptors (Lipinski definition) is 3. The number of carboxylic acid groups (broad SMARTS) is 1. The molecule has 1 aromatic rings. The van der Waals surface area contributed by atoms with E-state index in [1.165, 1.54) is 41.0 Å². The van der Waals surface area contributed by atoms with Crippen molar-refractivity contribution in [3.05, 3.63) is 21.4 Å². The molecule has 0 radical (unpaired) electrons. The number of carboxylic acids is 1. The van der Waals surface area contributed by atoms with Gasteiger partial charge in [0.2, 0.25) is 0 Å². The Morgan fingerprint density at radius 2 is 2.05 bits per heavy atom. The van der Waals surface area contributed by atoms with E-state index in [2.05, 4.69) is 5.32 Å². The third kappa shape index (κ3) is 3.84. The van der Waals surface area contributed by atoms with E-state index in [9.17, 15) is 14.7 Å². The summed E-state index contributed by atoms with van der Waals surface area (Å²) in [7, 11) is 0. The second-order valence-electron chi connectivity index (χ2n) is 5.79. The lowest BCUT2D eigenvalue weighted by Gasteiger charge is -2.19. The molecule has 1 aliphatic carbocycles. The summed E-state index contributed by atoms with van der Waals surface area (Å²) < 4.78 is 0. The van der Waals surface area contributed by atoms with E-state index in [0.29, 0.717) is 4.88 Å². The van der Waals surface area contributed by atoms with Gasteiger partial charge in [0, 0.05) is 4.88 Å². The smallest absolute Gasteiger partial charge is 0.326 e. The number of thiophene rings is 1. The molecule has 1 heterocycles. The first-order valence-electron chi connectivity index (χ1n) is 7.68. The fraction of sp³-hybridized carbons (Fsp3) is 0.625. The molecule has 21 heavy (non-hydrogen) atoms. The minimum Gasteiger partial charge on any atom is -0.480 e. The van der Waals surface area contributed by atoms with E-state index in [1.54, 1.807) is 0 Å².